The van der Waals surface area contributed by atoms with Crippen molar-refractivity contribution in [3.05, 3.63) is 52.7 Å². The Morgan fingerprint density at radius 1 is 1.04 bits per heavy atom. The van der Waals surface area contributed by atoms with E-state index < -0.39 is 26.9 Å². The lowest BCUT2D eigenvalue weighted by molar-refractivity contribution is -0.139. The molecule has 134 valence electrons. The SMILES string of the molecule is O=C(NCCO)C(=O)NCC(c1cccs1)S(=O)(=O)c1ccccc1. The van der Waals surface area contributed by atoms with Crippen molar-refractivity contribution in [3.63, 3.8) is 0 Å². The molecule has 1 unspecified atom stereocenters. The van der Waals surface area contributed by atoms with Crippen LogP contribution in [0.4, 0.5) is 0 Å². The van der Waals surface area contributed by atoms with E-state index in [1.165, 1.54) is 23.5 Å². The summed E-state index contributed by atoms with van der Waals surface area (Å²) in [6.07, 6.45) is 0. The summed E-state index contributed by atoms with van der Waals surface area (Å²) < 4.78 is 25.8. The van der Waals surface area contributed by atoms with Crippen LogP contribution in [-0.2, 0) is 19.4 Å². The number of nitrogens with one attached hydrogen (secondary N) is 2. The molecule has 0 aliphatic rings. The smallest absolute Gasteiger partial charge is 0.309 e. The van der Waals surface area contributed by atoms with Gasteiger partial charge in [0.05, 0.1) is 11.5 Å². The van der Waals surface area contributed by atoms with E-state index in [4.69, 9.17) is 5.11 Å². The fraction of sp³-hybridized carbons (Fsp3) is 0.250. The Bertz CT molecular complexity index is 804. The number of hydrogen-bond donors (Lipinski definition) is 3. The molecule has 7 nitrogen and oxygen atoms in total. The molecular weight excluding hydrogens is 364 g/mol. The molecule has 0 aliphatic carbocycles. The molecule has 1 heterocycles. The maximum absolute atomic E-state index is 12.9. The van der Waals surface area contributed by atoms with Crippen LogP contribution in [0.25, 0.3) is 0 Å². The summed E-state index contributed by atoms with van der Waals surface area (Å²) >= 11 is 1.26. The van der Waals surface area contributed by atoms with Gasteiger partial charge in [0.1, 0.15) is 5.25 Å². The van der Waals surface area contributed by atoms with Crippen molar-refractivity contribution in [3.8, 4) is 0 Å². The molecule has 3 N–H and O–H groups in total. The zero-order valence-electron chi connectivity index (χ0n) is 13.2. The average Bonchev–Trinajstić information content (AvgIpc) is 3.14. The third-order valence-corrected chi connectivity index (χ3v) is 6.59. The monoisotopic (exact) mass is 382 g/mol. The maximum atomic E-state index is 12.9. The van der Waals surface area contributed by atoms with E-state index in [0.717, 1.165) is 0 Å². The van der Waals surface area contributed by atoms with E-state index in [0.29, 0.717) is 4.88 Å². The Hall–Kier alpha value is -2.23. The minimum absolute atomic E-state index is 0.0527. The molecule has 0 aliphatic heterocycles. The lowest BCUT2D eigenvalue weighted by Crippen LogP contribution is -2.43. The fourth-order valence-electron chi connectivity index (χ4n) is 2.13. The van der Waals surface area contributed by atoms with Gasteiger partial charge in [-0.2, -0.15) is 0 Å². The highest BCUT2D eigenvalue weighted by Gasteiger charge is 2.30. The number of rotatable bonds is 7. The van der Waals surface area contributed by atoms with Gasteiger partial charge in [-0.1, -0.05) is 24.3 Å². The molecule has 0 saturated heterocycles. The Labute approximate surface area is 149 Å². The molecule has 1 aromatic heterocycles. The molecule has 9 heteroatoms. The number of sulfone groups is 1. The molecule has 2 amide bonds. The van der Waals surface area contributed by atoms with Gasteiger partial charge in [-0.25, -0.2) is 8.42 Å². The zero-order valence-corrected chi connectivity index (χ0v) is 14.8. The van der Waals surface area contributed by atoms with Crippen LogP contribution in [0.3, 0.4) is 0 Å². The second kappa shape index (κ2) is 8.75. The predicted octanol–water partition coefficient (Wildman–Crippen LogP) is 0.488. The van der Waals surface area contributed by atoms with Crippen LogP contribution in [0, 0.1) is 0 Å². The van der Waals surface area contributed by atoms with Crippen LogP contribution >= 0.6 is 11.3 Å². The molecule has 1 atom stereocenters. The average molecular weight is 382 g/mol. The molecule has 0 radical (unpaired) electrons. The van der Waals surface area contributed by atoms with Gasteiger partial charge < -0.3 is 15.7 Å². The molecule has 0 spiro atoms. The highest BCUT2D eigenvalue weighted by molar-refractivity contribution is 7.91. The van der Waals surface area contributed by atoms with E-state index in [9.17, 15) is 18.0 Å². The molecular formula is C16H18N2O5S2. The number of aliphatic hydroxyl groups excluding tert-OH is 1. The van der Waals surface area contributed by atoms with E-state index >= 15 is 0 Å². The van der Waals surface area contributed by atoms with Crippen molar-refractivity contribution in [1.82, 2.24) is 10.6 Å². The fourth-order valence-corrected chi connectivity index (χ4v) is 4.93. The van der Waals surface area contributed by atoms with Crippen LogP contribution in [0.1, 0.15) is 10.1 Å². The quantitative estimate of drug-likeness (QED) is 0.603. The number of carbonyl (C=O) groups excluding carboxylic acids is 2. The number of benzene rings is 1. The summed E-state index contributed by atoms with van der Waals surface area (Å²) in [5, 5.41) is 14.0. The molecule has 0 saturated carbocycles. The van der Waals surface area contributed by atoms with Crippen LogP contribution in [0.2, 0.25) is 0 Å². The van der Waals surface area contributed by atoms with Gasteiger partial charge in [0.25, 0.3) is 0 Å². The van der Waals surface area contributed by atoms with Gasteiger partial charge in [-0.3, -0.25) is 9.59 Å². The van der Waals surface area contributed by atoms with Gasteiger partial charge >= 0.3 is 11.8 Å². The molecule has 0 bridgehead atoms. The molecule has 25 heavy (non-hydrogen) atoms. The maximum Gasteiger partial charge on any atom is 0.309 e. The Kier molecular flexibility index (Phi) is 6.68. The third kappa shape index (κ3) is 4.88. The van der Waals surface area contributed by atoms with Crippen molar-refractivity contribution in [2.45, 2.75) is 10.1 Å². The topological polar surface area (TPSA) is 113 Å². The van der Waals surface area contributed by atoms with E-state index in [1.54, 1.807) is 35.7 Å². The van der Waals surface area contributed by atoms with Crippen LogP contribution in [0.15, 0.2) is 52.7 Å². The first-order valence-corrected chi connectivity index (χ1v) is 9.88. The van der Waals surface area contributed by atoms with Gasteiger partial charge in [0, 0.05) is 18.0 Å². The summed E-state index contributed by atoms with van der Waals surface area (Å²) in [7, 11) is -3.74. The highest BCUT2D eigenvalue weighted by Crippen LogP contribution is 2.31. The van der Waals surface area contributed by atoms with Crippen LogP contribution < -0.4 is 10.6 Å². The first-order chi connectivity index (χ1) is 12.0. The Morgan fingerprint density at radius 3 is 2.32 bits per heavy atom. The molecule has 0 fully saturated rings. The van der Waals surface area contributed by atoms with Crippen molar-refractivity contribution >= 4 is 33.0 Å². The third-order valence-electron chi connectivity index (χ3n) is 3.36. The lowest BCUT2D eigenvalue weighted by Gasteiger charge is -2.17. The minimum atomic E-state index is -3.74. The van der Waals surface area contributed by atoms with E-state index in [1.807, 2.05) is 0 Å². The highest BCUT2D eigenvalue weighted by atomic mass is 32.2. The summed E-state index contributed by atoms with van der Waals surface area (Å²) in [6.45, 7) is -0.578. The van der Waals surface area contributed by atoms with Gasteiger partial charge in [-0.05, 0) is 23.6 Å². The van der Waals surface area contributed by atoms with Crippen LogP contribution in [0.5, 0.6) is 0 Å². The minimum Gasteiger partial charge on any atom is -0.395 e. The predicted molar refractivity (Wildman–Crippen MR) is 93.8 cm³/mol. The van der Waals surface area contributed by atoms with Crippen LogP contribution in [-0.4, -0.2) is 45.0 Å². The Morgan fingerprint density at radius 2 is 1.72 bits per heavy atom. The standard InChI is InChI=1S/C16H18N2O5S2/c19-9-8-17-15(20)16(21)18-11-14(13-7-4-10-24-13)25(22,23)12-5-2-1-3-6-12/h1-7,10,14,19H,8-9,11H2,(H,17,20)(H,18,21). The number of hydrogen-bond acceptors (Lipinski definition) is 6. The van der Waals surface area contributed by atoms with Crippen molar-refractivity contribution < 1.29 is 23.1 Å². The van der Waals surface area contributed by atoms with Crippen molar-refractivity contribution in [2.75, 3.05) is 19.7 Å². The number of aliphatic hydroxyl groups is 1. The number of thiophene rings is 1. The first kappa shape index (κ1) is 19.1. The second-order valence-corrected chi connectivity index (χ2v) is 8.16. The summed E-state index contributed by atoms with van der Waals surface area (Å²) in [6, 6.07) is 11.3. The number of carbonyl (C=O) groups is 2. The molecule has 2 aromatic rings. The largest absolute Gasteiger partial charge is 0.395 e. The van der Waals surface area contributed by atoms with E-state index in [2.05, 4.69) is 10.6 Å². The molecule has 2 rings (SSSR count). The van der Waals surface area contributed by atoms with Crippen molar-refractivity contribution in [2.24, 2.45) is 0 Å². The Balaban J connectivity index is 2.18. The van der Waals surface area contributed by atoms with Gasteiger partial charge in [0.2, 0.25) is 0 Å². The summed E-state index contributed by atoms with van der Waals surface area (Å²) in [4.78, 5) is 24.0. The summed E-state index contributed by atoms with van der Waals surface area (Å²) in [5.41, 5.74) is 0. The summed E-state index contributed by atoms with van der Waals surface area (Å²) in [5.74, 6) is -1.87. The zero-order chi connectivity index (χ0) is 18.3. The van der Waals surface area contributed by atoms with Crippen molar-refractivity contribution in [1.29, 1.82) is 0 Å². The first-order valence-electron chi connectivity index (χ1n) is 7.46. The normalized spacial score (nSPS) is 12.4. The molecule has 1 aromatic carbocycles. The van der Waals surface area contributed by atoms with Gasteiger partial charge in [-0.15, -0.1) is 11.3 Å². The lowest BCUT2D eigenvalue weighted by atomic mass is 10.3. The van der Waals surface area contributed by atoms with E-state index in [-0.39, 0.29) is 24.6 Å². The van der Waals surface area contributed by atoms with Gasteiger partial charge in [0.15, 0.2) is 9.84 Å². The second-order valence-electron chi connectivity index (χ2n) is 5.05. The number of amides is 2.